The minimum Gasteiger partial charge on any atom is -0.347 e. The third kappa shape index (κ3) is 2.35. The zero-order valence-corrected chi connectivity index (χ0v) is 8.93. The van der Waals surface area contributed by atoms with Crippen LogP contribution in [0.5, 0.6) is 0 Å². The van der Waals surface area contributed by atoms with Gasteiger partial charge in [0.15, 0.2) is 0 Å². The normalized spacial score (nSPS) is 9.93. The van der Waals surface area contributed by atoms with Gasteiger partial charge in [0.05, 0.1) is 18.3 Å². The molecule has 0 aromatic carbocycles. The number of rotatable bonds is 3. The van der Waals surface area contributed by atoms with Gasteiger partial charge in [0.25, 0.3) is 5.91 Å². The van der Waals surface area contributed by atoms with Crippen molar-refractivity contribution in [1.29, 1.82) is 0 Å². The Morgan fingerprint density at radius 1 is 1.79 bits per heavy atom. The second-order valence-electron chi connectivity index (χ2n) is 2.97. The van der Waals surface area contributed by atoms with Crippen LogP contribution in [-0.4, -0.2) is 22.2 Å². The highest BCUT2D eigenvalue weighted by Crippen LogP contribution is 2.05. The Hall–Kier alpha value is -1.29. The van der Waals surface area contributed by atoms with Crippen molar-refractivity contribution in [3.8, 4) is 0 Å². The quantitative estimate of drug-likeness (QED) is 0.821. The van der Waals surface area contributed by atoms with E-state index in [2.05, 4.69) is 17.0 Å². The number of aryl methyl sites for hydroxylation is 1. The monoisotopic (exact) mass is 213 g/mol. The van der Waals surface area contributed by atoms with Crippen molar-refractivity contribution in [2.45, 2.75) is 6.92 Å². The Bertz CT molecular complexity index is 370. The van der Waals surface area contributed by atoms with Crippen molar-refractivity contribution in [3.63, 3.8) is 0 Å². The van der Waals surface area contributed by atoms with Crippen LogP contribution in [0, 0.1) is 6.92 Å². The molecule has 0 aliphatic rings. The molecule has 0 bridgehead atoms. The number of aromatic nitrogens is 2. The summed E-state index contributed by atoms with van der Waals surface area (Å²) < 4.78 is 1.64. The van der Waals surface area contributed by atoms with Crippen LogP contribution >= 0.6 is 11.6 Å². The third-order valence-electron chi connectivity index (χ3n) is 1.92. The van der Waals surface area contributed by atoms with E-state index >= 15 is 0 Å². The predicted molar refractivity (Wildman–Crippen MR) is 55.3 cm³/mol. The van der Waals surface area contributed by atoms with Gasteiger partial charge in [-0.25, -0.2) is 0 Å². The van der Waals surface area contributed by atoms with Crippen LogP contribution in [0.2, 0.25) is 0 Å². The maximum atomic E-state index is 11.5. The molecule has 1 heterocycles. The van der Waals surface area contributed by atoms with E-state index in [1.807, 2.05) is 6.92 Å². The molecule has 1 rings (SSSR count). The van der Waals surface area contributed by atoms with E-state index in [4.69, 9.17) is 11.6 Å². The van der Waals surface area contributed by atoms with Crippen LogP contribution in [0.1, 0.15) is 16.1 Å². The molecule has 0 saturated carbocycles. The summed E-state index contributed by atoms with van der Waals surface area (Å²) in [6, 6.07) is 0. The summed E-state index contributed by atoms with van der Waals surface area (Å²) in [6.45, 7) is 5.58. The van der Waals surface area contributed by atoms with E-state index in [9.17, 15) is 4.79 Å². The first-order chi connectivity index (χ1) is 6.52. The molecule has 1 amide bonds. The molecule has 5 heteroatoms. The second-order valence-corrected chi connectivity index (χ2v) is 3.50. The minimum absolute atomic E-state index is 0.183. The topological polar surface area (TPSA) is 46.9 Å². The summed E-state index contributed by atoms with van der Waals surface area (Å²) in [5, 5.41) is 7.00. The fourth-order valence-corrected chi connectivity index (χ4v) is 1.06. The van der Waals surface area contributed by atoms with Crippen molar-refractivity contribution >= 4 is 17.5 Å². The molecule has 76 valence electrons. The van der Waals surface area contributed by atoms with Crippen LogP contribution in [-0.2, 0) is 7.05 Å². The van der Waals surface area contributed by atoms with Crippen LogP contribution in [0.25, 0.3) is 0 Å². The van der Waals surface area contributed by atoms with Crippen LogP contribution in [0.3, 0.4) is 0 Å². The van der Waals surface area contributed by atoms with Gasteiger partial charge in [0, 0.05) is 17.8 Å². The lowest BCUT2D eigenvalue weighted by Gasteiger charge is -2.02. The Labute approximate surface area is 87.6 Å². The molecule has 0 unspecified atom stereocenters. The molecule has 4 nitrogen and oxygen atoms in total. The highest BCUT2D eigenvalue weighted by atomic mass is 35.5. The number of carbonyl (C=O) groups is 1. The van der Waals surface area contributed by atoms with Crippen LogP contribution in [0.4, 0.5) is 0 Å². The van der Waals surface area contributed by atoms with Crippen LogP contribution in [0.15, 0.2) is 17.8 Å². The largest absolute Gasteiger partial charge is 0.347 e. The molecule has 14 heavy (non-hydrogen) atoms. The van der Waals surface area contributed by atoms with E-state index in [1.165, 1.54) is 6.20 Å². The maximum Gasteiger partial charge on any atom is 0.255 e. The highest BCUT2D eigenvalue weighted by molar-refractivity contribution is 6.29. The Balaban J connectivity index is 2.70. The number of hydrogen-bond donors (Lipinski definition) is 1. The average molecular weight is 214 g/mol. The van der Waals surface area contributed by atoms with Crippen molar-refractivity contribution < 1.29 is 4.79 Å². The molecular weight excluding hydrogens is 202 g/mol. The zero-order valence-electron chi connectivity index (χ0n) is 8.17. The Morgan fingerprint density at radius 2 is 2.43 bits per heavy atom. The number of nitrogens with one attached hydrogen (secondary N) is 1. The van der Waals surface area contributed by atoms with E-state index in [0.29, 0.717) is 10.6 Å². The summed E-state index contributed by atoms with van der Waals surface area (Å²) in [7, 11) is 1.78. The summed E-state index contributed by atoms with van der Waals surface area (Å²) >= 11 is 5.52. The minimum atomic E-state index is -0.183. The number of amides is 1. The van der Waals surface area contributed by atoms with Gasteiger partial charge in [-0.15, -0.1) is 0 Å². The fraction of sp³-hybridized carbons (Fsp3) is 0.333. The van der Waals surface area contributed by atoms with E-state index in [1.54, 1.807) is 11.7 Å². The SMILES string of the molecule is C=C(Cl)CNC(=O)c1cnn(C)c1C. The second kappa shape index (κ2) is 4.28. The first kappa shape index (κ1) is 10.8. The summed E-state index contributed by atoms with van der Waals surface area (Å²) in [5.41, 5.74) is 1.38. The first-order valence-electron chi connectivity index (χ1n) is 4.12. The zero-order chi connectivity index (χ0) is 10.7. The molecule has 1 aromatic rings. The van der Waals surface area contributed by atoms with Crippen LogP contribution < -0.4 is 5.32 Å². The average Bonchev–Trinajstić information content (AvgIpc) is 2.44. The van der Waals surface area contributed by atoms with E-state index in [0.717, 1.165) is 5.69 Å². The molecule has 0 spiro atoms. The fourth-order valence-electron chi connectivity index (χ4n) is 0.993. The van der Waals surface area contributed by atoms with E-state index < -0.39 is 0 Å². The molecule has 0 aliphatic heterocycles. The summed E-state index contributed by atoms with van der Waals surface area (Å²) in [6.07, 6.45) is 1.53. The molecule has 0 saturated heterocycles. The van der Waals surface area contributed by atoms with Crippen molar-refractivity contribution in [2.75, 3.05) is 6.54 Å². The highest BCUT2D eigenvalue weighted by Gasteiger charge is 2.11. The maximum absolute atomic E-state index is 11.5. The van der Waals surface area contributed by atoms with Gasteiger partial charge in [-0.2, -0.15) is 5.10 Å². The lowest BCUT2D eigenvalue weighted by Crippen LogP contribution is -2.24. The molecule has 0 fully saturated rings. The predicted octanol–water partition coefficient (Wildman–Crippen LogP) is 1.21. The molecular formula is C9H12ClN3O. The van der Waals surface area contributed by atoms with E-state index in [-0.39, 0.29) is 12.5 Å². The Kier molecular flexibility index (Phi) is 3.30. The van der Waals surface area contributed by atoms with Gasteiger partial charge < -0.3 is 5.32 Å². The smallest absolute Gasteiger partial charge is 0.255 e. The first-order valence-corrected chi connectivity index (χ1v) is 4.50. The third-order valence-corrected chi connectivity index (χ3v) is 2.05. The molecule has 1 aromatic heterocycles. The summed E-state index contributed by atoms with van der Waals surface area (Å²) in [5.74, 6) is -0.183. The summed E-state index contributed by atoms with van der Waals surface area (Å²) in [4.78, 5) is 11.5. The van der Waals surface area contributed by atoms with Gasteiger partial charge in [0.2, 0.25) is 0 Å². The van der Waals surface area contributed by atoms with Gasteiger partial charge in [0.1, 0.15) is 0 Å². The molecule has 0 atom stereocenters. The standard InChI is InChI=1S/C9H12ClN3O/c1-6(10)4-11-9(14)8-5-12-13(3)7(8)2/h5H,1,4H2,2-3H3,(H,11,14). The number of hydrogen-bond acceptors (Lipinski definition) is 2. The van der Waals surface area contributed by atoms with Crippen molar-refractivity contribution in [1.82, 2.24) is 15.1 Å². The number of halogens is 1. The number of carbonyl (C=O) groups excluding carboxylic acids is 1. The number of nitrogens with zero attached hydrogens (tertiary/aromatic N) is 2. The Morgan fingerprint density at radius 3 is 2.86 bits per heavy atom. The molecule has 0 aliphatic carbocycles. The van der Waals surface area contributed by atoms with Gasteiger partial charge in [-0.05, 0) is 6.92 Å². The molecule has 1 N–H and O–H groups in total. The lowest BCUT2D eigenvalue weighted by atomic mass is 10.2. The van der Waals surface area contributed by atoms with Crippen molar-refractivity contribution in [3.05, 3.63) is 29.1 Å². The van der Waals surface area contributed by atoms with Gasteiger partial charge in [-0.1, -0.05) is 18.2 Å². The van der Waals surface area contributed by atoms with Gasteiger partial charge >= 0.3 is 0 Å². The molecule has 0 radical (unpaired) electrons. The van der Waals surface area contributed by atoms with Crippen molar-refractivity contribution in [2.24, 2.45) is 7.05 Å². The lowest BCUT2D eigenvalue weighted by molar-refractivity contribution is 0.0957. The van der Waals surface area contributed by atoms with Gasteiger partial charge in [-0.3, -0.25) is 9.48 Å².